The van der Waals surface area contributed by atoms with Crippen molar-refractivity contribution in [2.24, 2.45) is 11.7 Å². The predicted octanol–water partition coefficient (Wildman–Crippen LogP) is 3.47. The summed E-state index contributed by atoms with van der Waals surface area (Å²) in [6.45, 7) is 6.37. The second-order valence-electron chi connectivity index (χ2n) is 6.05. The van der Waals surface area contributed by atoms with Crippen molar-refractivity contribution in [2.45, 2.75) is 45.7 Å². The van der Waals surface area contributed by atoms with Crippen molar-refractivity contribution in [2.75, 3.05) is 6.54 Å². The molecule has 1 fully saturated rings. The highest BCUT2D eigenvalue weighted by Gasteiger charge is 2.29. The molecular weight excluding hydrogens is 271 g/mol. The summed E-state index contributed by atoms with van der Waals surface area (Å²) in [4.78, 5) is 2.76. The summed E-state index contributed by atoms with van der Waals surface area (Å²) >= 11 is 5.04. The molecule has 0 atom stereocenters. The largest absolute Gasteiger partial charge is 0.389 e. The van der Waals surface area contributed by atoms with Crippen LogP contribution < -0.4 is 5.73 Å². The summed E-state index contributed by atoms with van der Waals surface area (Å²) in [7, 11) is 0. The molecule has 2 nitrogen and oxygen atoms in total. The van der Waals surface area contributed by atoms with Gasteiger partial charge in [-0.15, -0.1) is 0 Å². The van der Waals surface area contributed by atoms with Gasteiger partial charge in [-0.25, -0.2) is 4.39 Å². The lowest BCUT2D eigenvalue weighted by atomic mass is 10.1. The molecule has 0 aromatic heterocycles. The van der Waals surface area contributed by atoms with Gasteiger partial charge in [0, 0.05) is 18.2 Å². The van der Waals surface area contributed by atoms with Crippen molar-refractivity contribution in [3.8, 4) is 0 Å². The smallest absolute Gasteiger partial charge is 0.123 e. The molecule has 1 aromatic rings. The highest BCUT2D eigenvalue weighted by atomic mass is 32.1. The number of benzene rings is 1. The molecule has 1 aliphatic rings. The zero-order valence-electron chi connectivity index (χ0n) is 12.2. The lowest BCUT2D eigenvalue weighted by Crippen LogP contribution is -2.29. The Kier molecular flexibility index (Phi) is 5.11. The number of hydrogen-bond donors (Lipinski definition) is 1. The van der Waals surface area contributed by atoms with Gasteiger partial charge >= 0.3 is 0 Å². The molecule has 0 radical (unpaired) electrons. The zero-order valence-corrected chi connectivity index (χ0v) is 13.0. The van der Waals surface area contributed by atoms with Crippen LogP contribution in [0.2, 0.25) is 0 Å². The van der Waals surface area contributed by atoms with Crippen molar-refractivity contribution in [1.82, 2.24) is 4.90 Å². The molecule has 1 aromatic carbocycles. The zero-order chi connectivity index (χ0) is 14.7. The lowest BCUT2D eigenvalue weighted by molar-refractivity contribution is 0.239. The van der Waals surface area contributed by atoms with Crippen LogP contribution in [0.5, 0.6) is 0 Å². The highest BCUT2D eigenvalue weighted by Crippen LogP contribution is 2.29. The fourth-order valence-corrected chi connectivity index (χ4v) is 2.58. The summed E-state index contributed by atoms with van der Waals surface area (Å²) in [6, 6.07) is 5.43. The minimum atomic E-state index is -0.281. The first-order valence-electron chi connectivity index (χ1n) is 7.29. The van der Waals surface area contributed by atoms with Crippen molar-refractivity contribution in [1.29, 1.82) is 0 Å². The Bertz CT molecular complexity index is 483. The summed E-state index contributed by atoms with van der Waals surface area (Å²) in [5.74, 6) is 0.413. The Morgan fingerprint density at radius 3 is 2.70 bits per heavy atom. The Labute approximate surface area is 126 Å². The predicted molar refractivity (Wildman–Crippen MR) is 85.2 cm³/mol. The molecule has 0 saturated heterocycles. The Balaban J connectivity index is 2.11. The molecular formula is C16H23FN2S. The van der Waals surface area contributed by atoms with E-state index in [2.05, 4.69) is 18.7 Å². The monoisotopic (exact) mass is 294 g/mol. The van der Waals surface area contributed by atoms with E-state index in [1.54, 1.807) is 0 Å². The molecule has 2 N–H and O–H groups in total. The first-order valence-corrected chi connectivity index (χ1v) is 7.70. The molecule has 110 valence electrons. The summed E-state index contributed by atoms with van der Waals surface area (Å²) in [5, 5.41) is 0. The third-order valence-corrected chi connectivity index (χ3v) is 3.99. The van der Waals surface area contributed by atoms with E-state index < -0.39 is 0 Å². The standard InChI is InChI=1S/C16H23FN2S/c1-11(2)7-8-19(14-5-6-14)10-12-3-4-13(17)9-15(12)16(18)20/h3-4,9,11,14H,5-8,10H2,1-2H3,(H2,18,20). The topological polar surface area (TPSA) is 29.3 Å². The fourth-order valence-electron chi connectivity index (χ4n) is 2.39. The normalized spacial score (nSPS) is 15.1. The number of nitrogens with zero attached hydrogens (tertiary/aromatic N) is 1. The summed E-state index contributed by atoms with van der Waals surface area (Å²) in [6.07, 6.45) is 3.71. The number of nitrogens with two attached hydrogens (primary N) is 1. The van der Waals surface area contributed by atoms with E-state index in [0.717, 1.165) is 18.7 Å². The number of rotatable bonds is 7. The second kappa shape index (κ2) is 6.64. The molecule has 0 amide bonds. The third-order valence-electron chi connectivity index (χ3n) is 3.77. The Morgan fingerprint density at radius 1 is 1.45 bits per heavy atom. The molecule has 4 heteroatoms. The van der Waals surface area contributed by atoms with E-state index in [9.17, 15) is 4.39 Å². The number of thiocarbonyl (C=S) groups is 1. The van der Waals surface area contributed by atoms with Gasteiger partial charge in [0.25, 0.3) is 0 Å². The minimum Gasteiger partial charge on any atom is -0.389 e. The van der Waals surface area contributed by atoms with Gasteiger partial charge in [-0.2, -0.15) is 0 Å². The van der Waals surface area contributed by atoms with Crippen LogP contribution in [0.25, 0.3) is 0 Å². The Morgan fingerprint density at radius 2 is 2.15 bits per heavy atom. The average Bonchev–Trinajstić information content (AvgIpc) is 3.19. The Hall–Kier alpha value is -1.00. The van der Waals surface area contributed by atoms with E-state index >= 15 is 0 Å². The number of halogens is 1. The van der Waals surface area contributed by atoms with E-state index in [1.165, 1.54) is 31.4 Å². The molecule has 2 rings (SSSR count). The van der Waals surface area contributed by atoms with Crippen LogP contribution in [0, 0.1) is 11.7 Å². The molecule has 0 unspecified atom stereocenters. The molecule has 0 aliphatic heterocycles. The van der Waals surface area contributed by atoms with Gasteiger partial charge in [-0.3, -0.25) is 4.90 Å². The van der Waals surface area contributed by atoms with Crippen molar-refractivity contribution < 1.29 is 4.39 Å². The van der Waals surface area contributed by atoms with E-state index in [1.807, 2.05) is 6.07 Å². The van der Waals surface area contributed by atoms with Gasteiger partial charge < -0.3 is 5.73 Å². The number of hydrogen-bond acceptors (Lipinski definition) is 2. The van der Waals surface area contributed by atoms with Gasteiger partial charge in [0.2, 0.25) is 0 Å². The van der Waals surface area contributed by atoms with E-state index in [0.29, 0.717) is 17.5 Å². The molecule has 1 saturated carbocycles. The first kappa shape index (κ1) is 15.4. The lowest BCUT2D eigenvalue weighted by Gasteiger charge is -2.24. The molecule has 0 bridgehead atoms. The van der Waals surface area contributed by atoms with Gasteiger partial charge in [0.05, 0.1) is 0 Å². The van der Waals surface area contributed by atoms with Crippen LogP contribution in [0.15, 0.2) is 18.2 Å². The average molecular weight is 294 g/mol. The maximum absolute atomic E-state index is 13.3. The fraction of sp³-hybridized carbons (Fsp3) is 0.562. The first-order chi connectivity index (χ1) is 9.47. The maximum Gasteiger partial charge on any atom is 0.123 e. The highest BCUT2D eigenvalue weighted by molar-refractivity contribution is 7.80. The maximum atomic E-state index is 13.3. The van der Waals surface area contributed by atoms with Crippen LogP contribution in [0.3, 0.4) is 0 Å². The molecule has 20 heavy (non-hydrogen) atoms. The molecule has 0 spiro atoms. The van der Waals surface area contributed by atoms with Gasteiger partial charge in [0.1, 0.15) is 10.8 Å². The van der Waals surface area contributed by atoms with Crippen LogP contribution in [-0.2, 0) is 6.54 Å². The molecule has 0 heterocycles. The van der Waals surface area contributed by atoms with Crippen molar-refractivity contribution >= 4 is 17.2 Å². The van der Waals surface area contributed by atoms with Gasteiger partial charge in [-0.05, 0) is 49.4 Å². The minimum absolute atomic E-state index is 0.277. The second-order valence-corrected chi connectivity index (χ2v) is 6.49. The van der Waals surface area contributed by atoms with E-state index in [-0.39, 0.29) is 10.8 Å². The van der Waals surface area contributed by atoms with Crippen LogP contribution >= 0.6 is 12.2 Å². The molecule has 1 aliphatic carbocycles. The SMILES string of the molecule is CC(C)CCN(Cc1ccc(F)cc1C(N)=S)C1CC1. The van der Waals surface area contributed by atoms with Gasteiger partial charge in [0.15, 0.2) is 0 Å². The van der Waals surface area contributed by atoms with E-state index in [4.69, 9.17) is 18.0 Å². The van der Waals surface area contributed by atoms with Gasteiger partial charge in [-0.1, -0.05) is 32.1 Å². The summed E-state index contributed by atoms with van der Waals surface area (Å²) in [5.41, 5.74) is 7.43. The quantitative estimate of drug-likeness (QED) is 0.781. The van der Waals surface area contributed by atoms with Crippen LogP contribution in [0.4, 0.5) is 4.39 Å². The van der Waals surface area contributed by atoms with Crippen molar-refractivity contribution in [3.05, 3.63) is 35.1 Å². The van der Waals surface area contributed by atoms with Crippen molar-refractivity contribution in [3.63, 3.8) is 0 Å². The summed E-state index contributed by atoms with van der Waals surface area (Å²) < 4.78 is 13.3. The van der Waals surface area contributed by atoms with Crippen LogP contribution in [-0.4, -0.2) is 22.5 Å². The van der Waals surface area contributed by atoms with Crippen LogP contribution in [0.1, 0.15) is 44.2 Å². The third kappa shape index (κ3) is 4.25.